The molecule has 0 aliphatic rings. The van der Waals surface area contributed by atoms with Crippen LogP contribution in [0.5, 0.6) is 0 Å². The molecule has 6 heteroatoms. The Morgan fingerprint density at radius 1 is 1.32 bits per heavy atom. The third-order valence-electron chi connectivity index (χ3n) is 2.72. The fourth-order valence-corrected chi connectivity index (χ4v) is 1.74. The molecule has 0 fully saturated rings. The Labute approximate surface area is 109 Å². The highest BCUT2D eigenvalue weighted by molar-refractivity contribution is 5.95. The summed E-state index contributed by atoms with van der Waals surface area (Å²) in [4.78, 5) is 21.8. The van der Waals surface area contributed by atoms with E-state index in [4.69, 9.17) is 0 Å². The normalized spacial score (nSPS) is 10.3. The summed E-state index contributed by atoms with van der Waals surface area (Å²) < 4.78 is 1.48. The first-order chi connectivity index (χ1) is 9.16. The zero-order valence-electron chi connectivity index (χ0n) is 10.2. The van der Waals surface area contributed by atoms with E-state index in [-0.39, 0.29) is 11.5 Å². The number of Topliss-reactive ketones (excluding diaryl/α,β-unsaturated/α-hetero) is 1. The zero-order chi connectivity index (χ0) is 13.7. The van der Waals surface area contributed by atoms with Crippen LogP contribution in [0, 0.1) is 10.1 Å². The van der Waals surface area contributed by atoms with Crippen molar-refractivity contribution in [2.75, 3.05) is 0 Å². The molecule has 6 nitrogen and oxygen atoms in total. The van der Waals surface area contributed by atoms with E-state index in [1.807, 2.05) is 18.2 Å². The molecule has 2 rings (SSSR count). The van der Waals surface area contributed by atoms with Crippen molar-refractivity contribution >= 4 is 11.5 Å². The molecule has 0 N–H and O–H groups in total. The van der Waals surface area contributed by atoms with E-state index in [0.29, 0.717) is 24.9 Å². The number of benzene rings is 1. The minimum Gasteiger partial charge on any atom is -0.294 e. The smallest absolute Gasteiger partial charge is 0.294 e. The molecule has 0 atom stereocenters. The summed E-state index contributed by atoms with van der Waals surface area (Å²) in [6, 6.07) is 9.07. The fourth-order valence-electron chi connectivity index (χ4n) is 1.74. The second kappa shape index (κ2) is 5.90. The number of carbonyl (C=O) groups is 1. The molecule has 0 aliphatic heterocycles. The second-order valence-electron chi connectivity index (χ2n) is 4.11. The highest BCUT2D eigenvalue weighted by Crippen LogP contribution is 2.10. The number of hydrogen-bond donors (Lipinski definition) is 0. The maximum absolute atomic E-state index is 11.8. The summed E-state index contributed by atoms with van der Waals surface area (Å²) in [7, 11) is 0. The number of aryl methyl sites for hydroxylation is 1. The molecule has 98 valence electrons. The van der Waals surface area contributed by atoms with Crippen molar-refractivity contribution in [2.24, 2.45) is 0 Å². The molecule has 0 bridgehead atoms. The van der Waals surface area contributed by atoms with Crippen molar-refractivity contribution in [3.05, 3.63) is 58.4 Å². The molecular formula is C13H13N3O3. The van der Waals surface area contributed by atoms with Gasteiger partial charge in [-0.2, -0.15) is 5.10 Å². The number of aromatic nitrogens is 2. The quantitative estimate of drug-likeness (QED) is 0.453. The molecular weight excluding hydrogens is 246 g/mol. The lowest BCUT2D eigenvalue weighted by Crippen LogP contribution is -2.03. The maximum atomic E-state index is 11.8. The van der Waals surface area contributed by atoms with Crippen molar-refractivity contribution < 1.29 is 9.72 Å². The molecule has 0 aliphatic carbocycles. The minimum atomic E-state index is -0.487. The van der Waals surface area contributed by atoms with Gasteiger partial charge in [-0.3, -0.25) is 19.6 Å². The monoisotopic (exact) mass is 259 g/mol. The molecule has 1 heterocycles. The molecule has 0 radical (unpaired) electrons. The van der Waals surface area contributed by atoms with E-state index in [9.17, 15) is 14.9 Å². The Morgan fingerprint density at radius 2 is 2.05 bits per heavy atom. The fraction of sp³-hybridized carbons (Fsp3) is 0.231. The van der Waals surface area contributed by atoms with Crippen molar-refractivity contribution in [1.82, 2.24) is 9.78 Å². The molecule has 0 amide bonds. The van der Waals surface area contributed by atoms with E-state index in [0.717, 1.165) is 0 Å². The molecule has 1 aromatic heterocycles. The SMILES string of the molecule is O=C(CCCn1cc([N+](=O)[O-])cn1)c1ccccc1. The molecule has 2 aromatic rings. The van der Waals surface area contributed by atoms with Gasteiger partial charge in [-0.25, -0.2) is 0 Å². The van der Waals surface area contributed by atoms with E-state index < -0.39 is 4.92 Å². The van der Waals surface area contributed by atoms with Gasteiger partial charge < -0.3 is 0 Å². The van der Waals surface area contributed by atoms with Crippen molar-refractivity contribution in [2.45, 2.75) is 19.4 Å². The first-order valence-electron chi connectivity index (χ1n) is 5.92. The maximum Gasteiger partial charge on any atom is 0.306 e. The zero-order valence-corrected chi connectivity index (χ0v) is 10.2. The standard InChI is InChI=1S/C13H13N3O3/c17-13(11-5-2-1-3-6-11)7-4-8-15-10-12(9-14-15)16(18)19/h1-3,5-6,9-10H,4,7-8H2. The lowest BCUT2D eigenvalue weighted by atomic mass is 10.1. The predicted molar refractivity (Wildman–Crippen MR) is 68.9 cm³/mol. The number of carbonyl (C=O) groups excluding carboxylic acids is 1. The molecule has 0 saturated heterocycles. The summed E-state index contributed by atoms with van der Waals surface area (Å²) in [5.41, 5.74) is 0.656. The van der Waals surface area contributed by atoms with Crippen molar-refractivity contribution in [3.8, 4) is 0 Å². The van der Waals surface area contributed by atoms with Crippen LogP contribution < -0.4 is 0 Å². The number of nitrogens with zero attached hydrogens (tertiary/aromatic N) is 3. The Morgan fingerprint density at radius 3 is 2.68 bits per heavy atom. The minimum absolute atomic E-state index is 0.0330. The van der Waals surface area contributed by atoms with E-state index in [1.54, 1.807) is 12.1 Å². The summed E-state index contributed by atoms with van der Waals surface area (Å²) in [5, 5.41) is 14.4. The lowest BCUT2D eigenvalue weighted by molar-refractivity contribution is -0.385. The summed E-state index contributed by atoms with van der Waals surface area (Å²) in [6.45, 7) is 0.492. The van der Waals surface area contributed by atoms with Crippen LogP contribution in [0.15, 0.2) is 42.7 Å². The van der Waals surface area contributed by atoms with E-state index in [1.165, 1.54) is 17.1 Å². The second-order valence-corrected chi connectivity index (χ2v) is 4.11. The van der Waals surface area contributed by atoms with Gasteiger partial charge in [0.25, 0.3) is 0 Å². The van der Waals surface area contributed by atoms with Gasteiger partial charge in [0.05, 0.1) is 4.92 Å². The highest BCUT2D eigenvalue weighted by atomic mass is 16.6. The number of ketones is 1. The summed E-state index contributed by atoms with van der Waals surface area (Å²) in [5.74, 6) is 0.0715. The van der Waals surface area contributed by atoms with Crippen LogP contribution in [0.4, 0.5) is 5.69 Å². The Balaban J connectivity index is 1.83. The Hall–Kier alpha value is -2.50. The molecule has 1 aromatic carbocycles. The largest absolute Gasteiger partial charge is 0.306 e. The lowest BCUT2D eigenvalue weighted by Gasteiger charge is -2.01. The van der Waals surface area contributed by atoms with Crippen LogP contribution >= 0.6 is 0 Å². The number of hydrogen-bond acceptors (Lipinski definition) is 4. The molecule has 0 spiro atoms. The van der Waals surface area contributed by atoms with Crippen LogP contribution in [0.25, 0.3) is 0 Å². The van der Waals surface area contributed by atoms with E-state index >= 15 is 0 Å². The molecule has 19 heavy (non-hydrogen) atoms. The van der Waals surface area contributed by atoms with Crippen LogP contribution in [0.3, 0.4) is 0 Å². The highest BCUT2D eigenvalue weighted by Gasteiger charge is 2.09. The summed E-state index contributed by atoms with van der Waals surface area (Å²) in [6.07, 6.45) is 3.58. The first-order valence-corrected chi connectivity index (χ1v) is 5.92. The van der Waals surface area contributed by atoms with Gasteiger partial charge in [-0.05, 0) is 6.42 Å². The molecule has 0 unspecified atom stereocenters. The number of nitro groups is 1. The molecule has 0 saturated carbocycles. The van der Waals surface area contributed by atoms with Crippen molar-refractivity contribution in [3.63, 3.8) is 0 Å². The predicted octanol–water partition coefficient (Wildman–Crippen LogP) is 2.45. The van der Waals surface area contributed by atoms with Gasteiger partial charge in [0.1, 0.15) is 12.4 Å². The number of rotatable bonds is 6. The van der Waals surface area contributed by atoms with Crippen LogP contribution in [0.2, 0.25) is 0 Å². The average Bonchev–Trinajstić information content (AvgIpc) is 2.89. The van der Waals surface area contributed by atoms with Gasteiger partial charge in [-0.15, -0.1) is 0 Å². The van der Waals surface area contributed by atoms with Gasteiger partial charge in [0.15, 0.2) is 5.78 Å². The van der Waals surface area contributed by atoms with Gasteiger partial charge in [0, 0.05) is 18.5 Å². The third-order valence-corrected chi connectivity index (χ3v) is 2.72. The Kier molecular flexibility index (Phi) is 4.02. The third kappa shape index (κ3) is 3.48. The van der Waals surface area contributed by atoms with Gasteiger partial charge in [-0.1, -0.05) is 30.3 Å². The van der Waals surface area contributed by atoms with Crippen LogP contribution in [-0.2, 0) is 6.54 Å². The van der Waals surface area contributed by atoms with Crippen molar-refractivity contribution in [1.29, 1.82) is 0 Å². The van der Waals surface area contributed by atoms with Crippen LogP contribution in [-0.4, -0.2) is 20.5 Å². The topological polar surface area (TPSA) is 78.0 Å². The summed E-state index contributed by atoms with van der Waals surface area (Å²) >= 11 is 0. The first kappa shape index (κ1) is 12.9. The van der Waals surface area contributed by atoms with Gasteiger partial charge >= 0.3 is 5.69 Å². The van der Waals surface area contributed by atoms with Crippen LogP contribution in [0.1, 0.15) is 23.2 Å². The average molecular weight is 259 g/mol. The van der Waals surface area contributed by atoms with E-state index in [2.05, 4.69) is 5.10 Å². The Bertz CT molecular complexity index is 578. The van der Waals surface area contributed by atoms with Gasteiger partial charge in [0.2, 0.25) is 0 Å².